The number of rotatable bonds is 3. The van der Waals surface area contributed by atoms with Gasteiger partial charge in [0, 0.05) is 31.3 Å². The number of fused-ring (bicyclic) bond motifs is 3. The molecule has 0 saturated carbocycles. The highest BCUT2D eigenvalue weighted by atomic mass is 32.1. The highest BCUT2D eigenvalue weighted by Gasteiger charge is 2.13. The van der Waals surface area contributed by atoms with Gasteiger partial charge in [0.2, 0.25) is 0 Å². The van der Waals surface area contributed by atoms with E-state index in [2.05, 4.69) is 12.1 Å². The molecule has 0 amide bonds. The van der Waals surface area contributed by atoms with Crippen LogP contribution in [0.5, 0.6) is 0 Å². The van der Waals surface area contributed by atoms with Crippen LogP contribution in [0.1, 0.15) is 20.7 Å². The van der Waals surface area contributed by atoms with Crippen LogP contribution in [-0.2, 0) is 0 Å². The van der Waals surface area contributed by atoms with Gasteiger partial charge in [0.1, 0.15) is 0 Å². The Morgan fingerprint density at radius 1 is 0.652 bits per heavy atom. The number of aldehydes is 2. The van der Waals surface area contributed by atoms with Crippen molar-refractivity contribution in [3.8, 4) is 11.1 Å². The Morgan fingerprint density at radius 3 is 2.22 bits per heavy atom. The molecule has 3 heteroatoms. The average molecular weight is 316 g/mol. The minimum absolute atomic E-state index is 0.592. The third kappa shape index (κ3) is 2.17. The molecule has 0 aliphatic carbocycles. The minimum atomic E-state index is 0.592. The van der Waals surface area contributed by atoms with Crippen LogP contribution in [0.4, 0.5) is 0 Å². The average Bonchev–Trinajstić information content (AvgIpc) is 2.98. The molecule has 0 spiro atoms. The zero-order chi connectivity index (χ0) is 15.8. The summed E-state index contributed by atoms with van der Waals surface area (Å²) < 4.78 is 2.28. The zero-order valence-electron chi connectivity index (χ0n) is 12.2. The third-order valence-electron chi connectivity index (χ3n) is 4.05. The number of thiophene rings is 1. The maximum Gasteiger partial charge on any atom is 0.150 e. The molecule has 1 aromatic heterocycles. The SMILES string of the molecule is O=Cc1ccccc1-c1cc2c(cc1C=O)sc1ccccc12. The first-order chi connectivity index (χ1) is 11.3. The van der Waals surface area contributed by atoms with E-state index in [1.165, 1.54) is 10.1 Å². The summed E-state index contributed by atoms with van der Waals surface area (Å²) in [6, 6.07) is 19.5. The Kier molecular flexibility index (Phi) is 3.28. The van der Waals surface area contributed by atoms with Gasteiger partial charge in [-0.1, -0.05) is 42.5 Å². The van der Waals surface area contributed by atoms with Gasteiger partial charge in [0.15, 0.2) is 12.6 Å². The molecule has 4 rings (SSSR count). The smallest absolute Gasteiger partial charge is 0.150 e. The third-order valence-corrected chi connectivity index (χ3v) is 5.19. The molecule has 0 aliphatic heterocycles. The summed E-state index contributed by atoms with van der Waals surface area (Å²) in [7, 11) is 0. The van der Waals surface area contributed by atoms with Crippen LogP contribution in [-0.4, -0.2) is 12.6 Å². The molecule has 23 heavy (non-hydrogen) atoms. The molecule has 1 heterocycles. The fraction of sp³-hybridized carbons (Fsp3) is 0. The van der Waals surface area contributed by atoms with Gasteiger partial charge < -0.3 is 0 Å². The van der Waals surface area contributed by atoms with Gasteiger partial charge in [0.25, 0.3) is 0 Å². The van der Waals surface area contributed by atoms with E-state index in [4.69, 9.17) is 0 Å². The Bertz CT molecular complexity index is 1060. The van der Waals surface area contributed by atoms with E-state index in [1.807, 2.05) is 42.5 Å². The Balaban J connectivity index is 2.11. The molecule has 0 fully saturated rings. The number of hydrogen-bond donors (Lipinski definition) is 0. The van der Waals surface area contributed by atoms with Gasteiger partial charge in [-0.3, -0.25) is 9.59 Å². The highest BCUT2D eigenvalue weighted by Crippen LogP contribution is 2.38. The first-order valence-electron chi connectivity index (χ1n) is 7.27. The van der Waals surface area contributed by atoms with Crippen molar-refractivity contribution in [1.29, 1.82) is 0 Å². The lowest BCUT2D eigenvalue weighted by Gasteiger charge is -2.08. The summed E-state index contributed by atoms with van der Waals surface area (Å²) in [6.45, 7) is 0. The van der Waals surface area contributed by atoms with E-state index in [1.54, 1.807) is 17.4 Å². The zero-order valence-corrected chi connectivity index (χ0v) is 13.0. The Morgan fingerprint density at radius 2 is 1.39 bits per heavy atom. The van der Waals surface area contributed by atoms with Crippen molar-refractivity contribution in [3.63, 3.8) is 0 Å². The van der Waals surface area contributed by atoms with Crippen LogP contribution in [0.2, 0.25) is 0 Å². The molecular weight excluding hydrogens is 304 g/mol. The lowest BCUT2D eigenvalue weighted by atomic mass is 9.94. The second-order valence-corrected chi connectivity index (χ2v) is 6.44. The molecule has 0 unspecified atom stereocenters. The summed E-state index contributed by atoms with van der Waals surface area (Å²) in [5.74, 6) is 0. The van der Waals surface area contributed by atoms with Crippen molar-refractivity contribution >= 4 is 44.1 Å². The number of hydrogen-bond acceptors (Lipinski definition) is 3. The number of carbonyl (C=O) groups is 2. The van der Waals surface area contributed by atoms with E-state index in [0.717, 1.165) is 33.8 Å². The monoisotopic (exact) mass is 316 g/mol. The largest absolute Gasteiger partial charge is 0.298 e. The van der Waals surface area contributed by atoms with Gasteiger partial charge in [0.05, 0.1) is 0 Å². The van der Waals surface area contributed by atoms with Crippen molar-refractivity contribution < 1.29 is 9.59 Å². The summed E-state index contributed by atoms with van der Waals surface area (Å²) in [4.78, 5) is 22.9. The van der Waals surface area contributed by atoms with Crippen LogP contribution >= 0.6 is 11.3 Å². The van der Waals surface area contributed by atoms with Gasteiger partial charge in [-0.05, 0) is 29.3 Å². The summed E-state index contributed by atoms with van der Waals surface area (Å²) >= 11 is 1.68. The lowest BCUT2D eigenvalue weighted by molar-refractivity contribution is 0.111. The van der Waals surface area contributed by atoms with Crippen LogP contribution < -0.4 is 0 Å². The van der Waals surface area contributed by atoms with Gasteiger partial charge in [-0.25, -0.2) is 0 Å². The number of benzene rings is 3. The topological polar surface area (TPSA) is 34.1 Å². The van der Waals surface area contributed by atoms with E-state index >= 15 is 0 Å². The minimum Gasteiger partial charge on any atom is -0.298 e. The molecule has 4 aromatic rings. The summed E-state index contributed by atoms with van der Waals surface area (Å²) in [5, 5.41) is 2.29. The van der Waals surface area contributed by atoms with E-state index in [0.29, 0.717) is 11.1 Å². The molecular formula is C20H12O2S. The number of carbonyl (C=O) groups excluding carboxylic acids is 2. The quantitative estimate of drug-likeness (QED) is 0.478. The van der Waals surface area contributed by atoms with Crippen molar-refractivity contribution in [3.05, 3.63) is 71.8 Å². The molecule has 3 aromatic carbocycles. The van der Waals surface area contributed by atoms with E-state index in [-0.39, 0.29) is 0 Å². The molecule has 0 radical (unpaired) electrons. The summed E-state index contributed by atoms with van der Waals surface area (Å²) in [5.41, 5.74) is 2.80. The van der Waals surface area contributed by atoms with Crippen LogP contribution in [0.15, 0.2) is 60.7 Å². The first kappa shape index (κ1) is 13.9. The van der Waals surface area contributed by atoms with Crippen molar-refractivity contribution in [2.45, 2.75) is 0 Å². The molecule has 0 bridgehead atoms. The second-order valence-electron chi connectivity index (χ2n) is 5.36. The Labute approximate surface area is 137 Å². The van der Waals surface area contributed by atoms with Crippen molar-refractivity contribution in [2.24, 2.45) is 0 Å². The van der Waals surface area contributed by atoms with E-state index in [9.17, 15) is 9.59 Å². The molecule has 110 valence electrons. The Hall–Kier alpha value is -2.78. The maximum atomic E-state index is 11.6. The van der Waals surface area contributed by atoms with Crippen LogP contribution in [0.3, 0.4) is 0 Å². The fourth-order valence-corrected chi connectivity index (χ4v) is 4.10. The molecule has 0 atom stereocenters. The predicted octanol–water partition coefficient (Wildman–Crippen LogP) is 5.35. The predicted molar refractivity (Wildman–Crippen MR) is 95.5 cm³/mol. The fourth-order valence-electron chi connectivity index (χ4n) is 2.96. The van der Waals surface area contributed by atoms with Gasteiger partial charge in [-0.2, -0.15) is 0 Å². The maximum absolute atomic E-state index is 11.6. The standard InChI is InChI=1S/C20H12O2S/c21-11-13-5-1-2-6-15(13)17-10-18-16-7-3-4-8-19(16)23-20(18)9-14(17)12-22/h1-12H. The lowest BCUT2D eigenvalue weighted by Crippen LogP contribution is -1.92. The highest BCUT2D eigenvalue weighted by molar-refractivity contribution is 7.25. The first-order valence-corrected chi connectivity index (χ1v) is 8.08. The van der Waals surface area contributed by atoms with Crippen LogP contribution in [0.25, 0.3) is 31.3 Å². The van der Waals surface area contributed by atoms with Gasteiger partial charge >= 0.3 is 0 Å². The molecule has 2 nitrogen and oxygen atoms in total. The van der Waals surface area contributed by atoms with Crippen molar-refractivity contribution in [1.82, 2.24) is 0 Å². The van der Waals surface area contributed by atoms with Crippen molar-refractivity contribution in [2.75, 3.05) is 0 Å². The van der Waals surface area contributed by atoms with Gasteiger partial charge in [-0.15, -0.1) is 11.3 Å². The molecule has 0 N–H and O–H groups in total. The van der Waals surface area contributed by atoms with E-state index < -0.39 is 0 Å². The second kappa shape index (κ2) is 5.45. The summed E-state index contributed by atoms with van der Waals surface area (Å²) in [6.07, 6.45) is 1.70. The molecule has 0 aliphatic rings. The van der Waals surface area contributed by atoms with Crippen LogP contribution in [0, 0.1) is 0 Å². The normalized spacial score (nSPS) is 11.0. The molecule has 0 saturated heterocycles.